The summed E-state index contributed by atoms with van der Waals surface area (Å²) in [5, 5.41) is 0. The summed E-state index contributed by atoms with van der Waals surface area (Å²) in [5.74, 6) is -0.732. The van der Waals surface area contributed by atoms with Crippen LogP contribution in [0.15, 0.2) is 0 Å². The fourth-order valence-electron chi connectivity index (χ4n) is 1.49. The maximum Gasteiger partial charge on any atom is 0.406 e. The van der Waals surface area contributed by atoms with E-state index < -0.39 is 24.7 Å². The Morgan fingerprint density at radius 1 is 1.39 bits per heavy atom. The van der Waals surface area contributed by atoms with E-state index in [1.807, 2.05) is 0 Å². The van der Waals surface area contributed by atoms with Crippen LogP contribution in [-0.4, -0.2) is 49.8 Å². The molecule has 18 heavy (non-hydrogen) atoms. The van der Waals surface area contributed by atoms with Crippen LogP contribution >= 0.6 is 0 Å². The second-order valence-corrected chi connectivity index (χ2v) is 4.62. The lowest BCUT2D eigenvalue weighted by Gasteiger charge is -2.28. The van der Waals surface area contributed by atoms with Crippen molar-refractivity contribution in [2.24, 2.45) is 11.7 Å². The summed E-state index contributed by atoms with van der Waals surface area (Å²) in [7, 11) is 1.44. The molecule has 1 amide bonds. The van der Waals surface area contributed by atoms with E-state index in [0.29, 0.717) is 0 Å². The number of methoxy groups -OCH3 is 1. The molecule has 2 N–H and O–H groups in total. The van der Waals surface area contributed by atoms with Gasteiger partial charge < -0.3 is 15.4 Å². The molecule has 0 radical (unpaired) electrons. The van der Waals surface area contributed by atoms with Gasteiger partial charge in [-0.25, -0.2) is 0 Å². The summed E-state index contributed by atoms with van der Waals surface area (Å²) in [5.41, 5.74) is 5.56. The lowest BCUT2D eigenvalue weighted by atomic mass is 10.1. The number of ether oxygens (including phenoxy) is 1. The van der Waals surface area contributed by atoms with Crippen LogP contribution in [0, 0.1) is 5.92 Å². The zero-order valence-corrected chi connectivity index (χ0v) is 11.0. The average molecular weight is 270 g/mol. The molecule has 0 heterocycles. The third-order valence-corrected chi connectivity index (χ3v) is 2.22. The summed E-state index contributed by atoms with van der Waals surface area (Å²) < 4.78 is 41.9. The van der Waals surface area contributed by atoms with Crippen molar-refractivity contribution >= 4 is 5.91 Å². The zero-order chi connectivity index (χ0) is 14.3. The molecule has 0 aliphatic carbocycles. The molecule has 0 aromatic carbocycles. The maximum absolute atomic E-state index is 12.4. The number of hydrogen-bond donors (Lipinski definition) is 1. The van der Waals surface area contributed by atoms with Gasteiger partial charge in [-0.2, -0.15) is 13.2 Å². The van der Waals surface area contributed by atoms with Gasteiger partial charge in [0.05, 0.1) is 6.04 Å². The number of carbonyl (C=O) groups is 1. The van der Waals surface area contributed by atoms with E-state index in [9.17, 15) is 18.0 Å². The molecule has 0 bridgehead atoms. The molecule has 0 fully saturated rings. The summed E-state index contributed by atoms with van der Waals surface area (Å²) in [6, 6.07) is -0.953. The van der Waals surface area contributed by atoms with Crippen molar-refractivity contribution in [2.75, 3.05) is 26.8 Å². The predicted octanol–water partition coefficient (Wildman–Crippen LogP) is 1.40. The van der Waals surface area contributed by atoms with Crippen molar-refractivity contribution < 1.29 is 22.7 Å². The maximum atomic E-state index is 12.4. The number of rotatable bonds is 7. The number of nitrogens with zero attached hydrogens (tertiary/aromatic N) is 1. The highest BCUT2D eigenvalue weighted by Crippen LogP contribution is 2.18. The van der Waals surface area contributed by atoms with Gasteiger partial charge in [-0.3, -0.25) is 4.79 Å². The first-order valence-corrected chi connectivity index (χ1v) is 5.77. The van der Waals surface area contributed by atoms with Crippen LogP contribution in [0.2, 0.25) is 0 Å². The fourth-order valence-corrected chi connectivity index (χ4v) is 1.49. The van der Waals surface area contributed by atoms with Crippen LogP contribution < -0.4 is 5.73 Å². The number of carbonyl (C=O) groups excluding carboxylic acids is 1. The van der Waals surface area contributed by atoms with Gasteiger partial charge in [0.2, 0.25) is 5.91 Å². The Hall–Kier alpha value is -0.820. The van der Waals surface area contributed by atoms with Crippen LogP contribution in [0.5, 0.6) is 0 Å². The third kappa shape index (κ3) is 7.50. The van der Waals surface area contributed by atoms with Gasteiger partial charge in [-0.15, -0.1) is 0 Å². The minimum atomic E-state index is -4.41. The molecule has 0 aliphatic rings. The molecule has 0 rings (SSSR count). The molecule has 1 unspecified atom stereocenters. The van der Waals surface area contributed by atoms with Crippen LogP contribution in [0.4, 0.5) is 13.2 Å². The van der Waals surface area contributed by atoms with Crippen molar-refractivity contribution in [2.45, 2.75) is 32.5 Å². The minimum Gasteiger partial charge on any atom is -0.385 e. The van der Waals surface area contributed by atoms with Gasteiger partial charge in [-0.1, -0.05) is 13.8 Å². The standard InChI is InChI=1S/C11H21F3N2O2/c1-8(2)6-16(7-11(12,13)14)10(17)9(15)4-5-18-3/h8-9H,4-7,15H2,1-3H3. The largest absolute Gasteiger partial charge is 0.406 e. The SMILES string of the molecule is COCCC(N)C(=O)N(CC(C)C)CC(F)(F)F. The summed E-state index contributed by atoms with van der Waals surface area (Å²) in [6.07, 6.45) is -4.20. The molecule has 7 heteroatoms. The molecule has 108 valence electrons. The van der Waals surface area contributed by atoms with E-state index in [0.717, 1.165) is 4.90 Å². The van der Waals surface area contributed by atoms with Gasteiger partial charge in [0.15, 0.2) is 0 Å². The van der Waals surface area contributed by atoms with Crippen molar-refractivity contribution in [3.8, 4) is 0 Å². The monoisotopic (exact) mass is 270 g/mol. The molecule has 0 aromatic rings. The summed E-state index contributed by atoms with van der Waals surface area (Å²) in [4.78, 5) is 12.6. The molecular weight excluding hydrogens is 249 g/mol. The third-order valence-electron chi connectivity index (χ3n) is 2.22. The van der Waals surface area contributed by atoms with E-state index >= 15 is 0 Å². The quantitative estimate of drug-likeness (QED) is 0.760. The number of alkyl halides is 3. The van der Waals surface area contributed by atoms with Gasteiger partial charge in [0.1, 0.15) is 6.54 Å². The Morgan fingerprint density at radius 2 is 1.94 bits per heavy atom. The van der Waals surface area contributed by atoms with Crippen LogP contribution in [-0.2, 0) is 9.53 Å². The average Bonchev–Trinajstić information content (AvgIpc) is 2.21. The molecule has 0 saturated carbocycles. The normalized spacial score (nSPS) is 13.8. The Balaban J connectivity index is 4.58. The molecule has 0 saturated heterocycles. The van der Waals surface area contributed by atoms with Crippen LogP contribution in [0.25, 0.3) is 0 Å². The number of nitrogens with two attached hydrogens (primary N) is 1. The molecule has 0 aromatic heterocycles. The zero-order valence-electron chi connectivity index (χ0n) is 11.0. The van der Waals surface area contributed by atoms with Gasteiger partial charge in [-0.05, 0) is 12.3 Å². The second-order valence-electron chi connectivity index (χ2n) is 4.62. The molecule has 0 spiro atoms. The van der Waals surface area contributed by atoms with E-state index in [-0.39, 0.29) is 25.5 Å². The van der Waals surface area contributed by atoms with E-state index in [1.165, 1.54) is 7.11 Å². The predicted molar refractivity (Wildman–Crippen MR) is 61.9 cm³/mol. The van der Waals surface area contributed by atoms with E-state index in [1.54, 1.807) is 13.8 Å². The lowest BCUT2D eigenvalue weighted by Crippen LogP contribution is -2.49. The molecule has 0 aliphatic heterocycles. The van der Waals surface area contributed by atoms with E-state index in [2.05, 4.69) is 0 Å². The highest BCUT2D eigenvalue weighted by molar-refractivity contribution is 5.81. The van der Waals surface area contributed by atoms with Crippen LogP contribution in [0.3, 0.4) is 0 Å². The van der Waals surface area contributed by atoms with E-state index in [4.69, 9.17) is 10.5 Å². The van der Waals surface area contributed by atoms with Crippen molar-refractivity contribution in [3.05, 3.63) is 0 Å². The van der Waals surface area contributed by atoms with Gasteiger partial charge >= 0.3 is 6.18 Å². The van der Waals surface area contributed by atoms with Crippen molar-refractivity contribution in [1.29, 1.82) is 0 Å². The van der Waals surface area contributed by atoms with Gasteiger partial charge in [0, 0.05) is 20.3 Å². The fraction of sp³-hybridized carbons (Fsp3) is 0.909. The van der Waals surface area contributed by atoms with Crippen molar-refractivity contribution in [3.63, 3.8) is 0 Å². The van der Waals surface area contributed by atoms with Crippen molar-refractivity contribution in [1.82, 2.24) is 4.90 Å². The Bertz CT molecular complexity index is 257. The van der Waals surface area contributed by atoms with Crippen LogP contribution in [0.1, 0.15) is 20.3 Å². The minimum absolute atomic E-state index is 0.0407. The summed E-state index contributed by atoms with van der Waals surface area (Å²) >= 11 is 0. The summed E-state index contributed by atoms with van der Waals surface area (Å²) in [6.45, 7) is 2.52. The first kappa shape index (κ1) is 17.2. The smallest absolute Gasteiger partial charge is 0.385 e. The van der Waals surface area contributed by atoms with Gasteiger partial charge in [0.25, 0.3) is 0 Å². The Labute approximate surface area is 105 Å². The highest BCUT2D eigenvalue weighted by atomic mass is 19.4. The Morgan fingerprint density at radius 3 is 2.33 bits per heavy atom. The number of amides is 1. The molecular formula is C11H21F3N2O2. The lowest BCUT2D eigenvalue weighted by molar-refractivity contribution is -0.163. The number of hydrogen-bond acceptors (Lipinski definition) is 3. The first-order valence-electron chi connectivity index (χ1n) is 5.77. The Kier molecular flexibility index (Phi) is 7.23. The topological polar surface area (TPSA) is 55.6 Å². The first-order chi connectivity index (χ1) is 8.17. The molecule has 4 nitrogen and oxygen atoms in total. The number of halogens is 3. The second kappa shape index (κ2) is 7.58. The highest BCUT2D eigenvalue weighted by Gasteiger charge is 2.34. The molecule has 1 atom stereocenters.